The van der Waals surface area contributed by atoms with Gasteiger partial charge in [0.05, 0.1) is 10.6 Å². The molecule has 7 nitrogen and oxygen atoms in total. The minimum absolute atomic E-state index is 0.101. The smallest absolute Gasteiger partial charge is 0.234 e. The molecule has 3 aromatic carbocycles. The van der Waals surface area contributed by atoms with Crippen LogP contribution in [0.25, 0.3) is 5.69 Å². The predicted molar refractivity (Wildman–Crippen MR) is 129 cm³/mol. The highest BCUT2D eigenvalue weighted by molar-refractivity contribution is 7.99. The van der Waals surface area contributed by atoms with Crippen LogP contribution in [0.15, 0.2) is 95.0 Å². The molecule has 0 aliphatic carbocycles. The van der Waals surface area contributed by atoms with Crippen LogP contribution in [0.4, 0.5) is 5.69 Å². The molecule has 0 spiro atoms. The summed E-state index contributed by atoms with van der Waals surface area (Å²) in [5, 5.41) is 11.6. The topological polar surface area (TPSA) is 94.0 Å². The fraction of sp³-hybridized carbons (Fsp3) is 0.125. The van der Waals surface area contributed by atoms with Crippen LogP contribution in [-0.4, -0.2) is 34.8 Å². The van der Waals surface area contributed by atoms with E-state index in [9.17, 15) is 13.2 Å². The number of nitrogens with one attached hydrogen (secondary N) is 1. The lowest BCUT2D eigenvalue weighted by Gasteiger charge is -2.11. The second-order valence-electron chi connectivity index (χ2n) is 7.34. The molecule has 4 rings (SSSR count). The lowest BCUT2D eigenvalue weighted by molar-refractivity contribution is -0.113. The van der Waals surface area contributed by atoms with Crippen molar-refractivity contribution in [2.45, 2.75) is 22.7 Å². The first-order chi connectivity index (χ1) is 15.9. The van der Waals surface area contributed by atoms with Crippen molar-refractivity contribution in [3.63, 3.8) is 0 Å². The average Bonchev–Trinajstić information content (AvgIpc) is 3.22. The summed E-state index contributed by atoms with van der Waals surface area (Å²) in [6.07, 6.45) is 0. The van der Waals surface area contributed by atoms with Crippen molar-refractivity contribution >= 4 is 33.2 Å². The highest BCUT2D eigenvalue weighted by Gasteiger charge is 2.23. The Morgan fingerprint density at radius 2 is 1.55 bits per heavy atom. The van der Waals surface area contributed by atoms with Crippen LogP contribution in [0.1, 0.15) is 11.4 Å². The van der Waals surface area contributed by atoms with Gasteiger partial charge in [0.25, 0.3) is 0 Å². The number of amides is 1. The van der Waals surface area contributed by atoms with Gasteiger partial charge in [-0.3, -0.25) is 9.36 Å². The molecule has 33 heavy (non-hydrogen) atoms. The van der Waals surface area contributed by atoms with Crippen LogP contribution in [0.2, 0.25) is 0 Å². The third kappa shape index (κ3) is 5.68. The third-order valence-corrected chi connectivity index (χ3v) is 7.36. The lowest BCUT2D eigenvalue weighted by atomic mass is 10.2. The van der Waals surface area contributed by atoms with Gasteiger partial charge in [-0.15, -0.1) is 10.2 Å². The number of hydrogen-bond donors (Lipinski definition) is 1. The normalized spacial score (nSPS) is 11.3. The Balaban J connectivity index is 1.56. The molecule has 1 heterocycles. The van der Waals surface area contributed by atoms with E-state index in [0.717, 1.165) is 11.3 Å². The van der Waals surface area contributed by atoms with Gasteiger partial charge in [0.2, 0.25) is 5.91 Å². The molecule has 0 aliphatic heterocycles. The van der Waals surface area contributed by atoms with Crippen molar-refractivity contribution < 1.29 is 13.2 Å². The van der Waals surface area contributed by atoms with E-state index < -0.39 is 9.84 Å². The Morgan fingerprint density at radius 3 is 2.21 bits per heavy atom. The lowest BCUT2D eigenvalue weighted by Crippen LogP contribution is -2.15. The number of carbonyl (C=O) groups is 1. The summed E-state index contributed by atoms with van der Waals surface area (Å²) >= 11 is 1.20. The van der Waals surface area contributed by atoms with Gasteiger partial charge in [-0.1, -0.05) is 65.9 Å². The van der Waals surface area contributed by atoms with Crippen molar-refractivity contribution in [2.75, 3.05) is 11.1 Å². The number of aromatic nitrogens is 3. The molecule has 0 saturated carbocycles. The van der Waals surface area contributed by atoms with E-state index in [0.29, 0.717) is 10.8 Å². The summed E-state index contributed by atoms with van der Waals surface area (Å²) < 4.78 is 27.6. The molecule has 1 aromatic heterocycles. The van der Waals surface area contributed by atoms with Crippen molar-refractivity contribution in [3.8, 4) is 5.69 Å². The van der Waals surface area contributed by atoms with Crippen LogP contribution in [0.5, 0.6) is 0 Å². The van der Waals surface area contributed by atoms with Crippen LogP contribution in [-0.2, 0) is 20.4 Å². The van der Waals surface area contributed by atoms with E-state index in [2.05, 4.69) is 15.5 Å². The first kappa shape index (κ1) is 22.8. The highest BCUT2D eigenvalue weighted by Crippen LogP contribution is 2.25. The number of sulfone groups is 1. The third-order valence-electron chi connectivity index (χ3n) is 4.80. The van der Waals surface area contributed by atoms with Gasteiger partial charge in [0.15, 0.2) is 20.8 Å². The van der Waals surface area contributed by atoms with E-state index in [4.69, 9.17) is 0 Å². The average molecular weight is 479 g/mol. The molecule has 0 atom stereocenters. The first-order valence-electron chi connectivity index (χ1n) is 10.2. The monoisotopic (exact) mass is 478 g/mol. The van der Waals surface area contributed by atoms with Gasteiger partial charge in [-0.05, 0) is 43.3 Å². The quantitative estimate of drug-likeness (QED) is 0.380. The Bertz CT molecular complexity index is 1340. The summed E-state index contributed by atoms with van der Waals surface area (Å²) in [5.74, 6) is -0.115. The van der Waals surface area contributed by atoms with E-state index >= 15 is 0 Å². The summed E-state index contributed by atoms with van der Waals surface area (Å²) in [7, 11) is -3.62. The highest BCUT2D eigenvalue weighted by atomic mass is 32.2. The van der Waals surface area contributed by atoms with Gasteiger partial charge in [-0.25, -0.2) is 8.42 Å². The zero-order chi connectivity index (χ0) is 23.3. The molecule has 1 amide bonds. The Labute approximate surface area is 196 Å². The summed E-state index contributed by atoms with van der Waals surface area (Å²) in [4.78, 5) is 12.7. The van der Waals surface area contributed by atoms with Gasteiger partial charge >= 0.3 is 0 Å². The van der Waals surface area contributed by atoms with E-state index in [1.165, 1.54) is 11.8 Å². The Hall–Kier alpha value is -3.43. The predicted octanol–water partition coefficient (Wildman–Crippen LogP) is 4.28. The molecule has 0 aliphatic rings. The van der Waals surface area contributed by atoms with Gasteiger partial charge < -0.3 is 5.32 Å². The van der Waals surface area contributed by atoms with E-state index in [1.54, 1.807) is 34.9 Å². The zero-order valence-corrected chi connectivity index (χ0v) is 19.5. The van der Waals surface area contributed by atoms with Crippen LogP contribution in [0, 0.1) is 6.92 Å². The molecule has 0 unspecified atom stereocenters. The largest absolute Gasteiger partial charge is 0.325 e. The second-order valence-corrected chi connectivity index (χ2v) is 10.3. The van der Waals surface area contributed by atoms with Gasteiger partial charge in [0, 0.05) is 11.4 Å². The molecular weight excluding hydrogens is 456 g/mol. The summed E-state index contributed by atoms with van der Waals surface area (Å²) in [5.41, 5.74) is 2.55. The number of hydrogen-bond acceptors (Lipinski definition) is 6. The van der Waals surface area contributed by atoms with Crippen LogP contribution < -0.4 is 5.32 Å². The number of aryl methyl sites for hydroxylation is 1. The van der Waals surface area contributed by atoms with Gasteiger partial charge in [-0.2, -0.15) is 0 Å². The molecule has 168 valence electrons. The number of benzene rings is 3. The van der Waals surface area contributed by atoms with Gasteiger partial charge in [0.1, 0.15) is 5.75 Å². The maximum Gasteiger partial charge on any atom is 0.234 e. The van der Waals surface area contributed by atoms with Crippen molar-refractivity contribution in [2.24, 2.45) is 0 Å². The van der Waals surface area contributed by atoms with Crippen molar-refractivity contribution in [1.82, 2.24) is 14.8 Å². The molecule has 0 radical (unpaired) electrons. The van der Waals surface area contributed by atoms with Crippen molar-refractivity contribution in [3.05, 3.63) is 96.3 Å². The minimum Gasteiger partial charge on any atom is -0.325 e. The van der Waals surface area contributed by atoms with E-state index in [1.807, 2.05) is 61.5 Å². The zero-order valence-electron chi connectivity index (χ0n) is 17.9. The fourth-order valence-electron chi connectivity index (χ4n) is 3.17. The summed E-state index contributed by atoms with van der Waals surface area (Å²) in [6, 6.07) is 25.1. The molecule has 0 bridgehead atoms. The standard InChI is InChI=1S/C24H22N4O3S2/c1-18-12-14-19(15-13-18)25-23(29)16-32-24-27-26-22(28(24)20-8-4-2-5-9-20)17-33(30,31)21-10-6-3-7-11-21/h2-15H,16-17H2,1H3,(H,25,29). The number of nitrogens with zero attached hydrogens (tertiary/aromatic N) is 3. The molecular formula is C24H22N4O3S2. The molecule has 4 aromatic rings. The van der Waals surface area contributed by atoms with E-state index in [-0.39, 0.29) is 28.1 Å². The Kier molecular flexibility index (Phi) is 6.90. The number of anilines is 1. The number of thioether (sulfide) groups is 1. The molecule has 9 heteroatoms. The van der Waals surface area contributed by atoms with Crippen molar-refractivity contribution in [1.29, 1.82) is 0 Å². The molecule has 0 saturated heterocycles. The molecule has 1 N–H and O–H groups in total. The second kappa shape index (κ2) is 10.0. The number of rotatable bonds is 8. The Morgan fingerprint density at radius 1 is 0.909 bits per heavy atom. The minimum atomic E-state index is -3.62. The maximum atomic E-state index is 12.9. The first-order valence-corrected chi connectivity index (χ1v) is 12.8. The maximum absolute atomic E-state index is 12.9. The van der Waals surface area contributed by atoms with Crippen LogP contribution in [0.3, 0.4) is 0 Å². The molecule has 0 fully saturated rings. The summed E-state index contributed by atoms with van der Waals surface area (Å²) in [6.45, 7) is 1.98. The number of para-hydroxylation sites is 1. The number of carbonyl (C=O) groups excluding carboxylic acids is 1. The fourth-order valence-corrected chi connectivity index (χ4v) is 5.20. The van der Waals surface area contributed by atoms with Crippen LogP contribution >= 0.6 is 11.8 Å². The SMILES string of the molecule is Cc1ccc(NC(=O)CSc2nnc(CS(=O)(=O)c3ccccc3)n2-c2ccccc2)cc1.